The van der Waals surface area contributed by atoms with Crippen molar-refractivity contribution in [3.05, 3.63) is 48.0 Å². The normalized spacial score (nSPS) is 13.9. The van der Waals surface area contributed by atoms with Crippen LogP contribution in [0.25, 0.3) is 0 Å². The van der Waals surface area contributed by atoms with Crippen LogP contribution in [0.15, 0.2) is 42.5 Å². The van der Waals surface area contributed by atoms with Crippen molar-refractivity contribution in [2.24, 2.45) is 0 Å². The highest BCUT2D eigenvalue weighted by Crippen LogP contribution is 2.46. The first-order valence-electron chi connectivity index (χ1n) is 7.56. The lowest BCUT2D eigenvalue weighted by atomic mass is 9.99. The summed E-state index contributed by atoms with van der Waals surface area (Å²) >= 11 is 0. The molecule has 0 fully saturated rings. The molecule has 3 heteroatoms. The van der Waals surface area contributed by atoms with E-state index in [4.69, 9.17) is 0 Å². The summed E-state index contributed by atoms with van der Waals surface area (Å²) in [6.45, 7) is 8.34. The molecule has 0 unspecified atom stereocenters. The maximum atomic E-state index is 10.2. The molecule has 1 N–H and O–H groups in total. The second-order valence-corrected chi connectivity index (χ2v) is 5.78. The van der Waals surface area contributed by atoms with Crippen LogP contribution in [0.2, 0.25) is 0 Å². The number of phenols is 1. The van der Waals surface area contributed by atoms with Crippen LogP contribution < -0.4 is 9.80 Å². The van der Waals surface area contributed by atoms with Crippen molar-refractivity contribution in [1.29, 1.82) is 0 Å². The molecule has 0 saturated carbocycles. The van der Waals surface area contributed by atoms with Gasteiger partial charge in [0.2, 0.25) is 0 Å². The number of aromatic hydroxyl groups is 1. The molecule has 3 nitrogen and oxygen atoms in total. The van der Waals surface area contributed by atoms with Crippen molar-refractivity contribution in [1.82, 2.24) is 0 Å². The Balaban J connectivity index is 2.18. The molecule has 0 bridgehead atoms. The highest BCUT2D eigenvalue weighted by Gasteiger charge is 2.30. The van der Waals surface area contributed by atoms with Gasteiger partial charge in [-0.15, -0.1) is 0 Å². The summed E-state index contributed by atoms with van der Waals surface area (Å²) < 4.78 is 0. The molecule has 0 radical (unpaired) electrons. The zero-order valence-corrected chi connectivity index (χ0v) is 12.9. The Morgan fingerprint density at radius 1 is 1.05 bits per heavy atom. The number of anilines is 3. The molecular weight excluding hydrogens is 260 g/mol. The third-order valence-corrected chi connectivity index (χ3v) is 4.14. The van der Waals surface area contributed by atoms with Crippen LogP contribution in [0.3, 0.4) is 0 Å². The van der Waals surface area contributed by atoms with E-state index in [1.165, 1.54) is 16.9 Å². The van der Waals surface area contributed by atoms with Gasteiger partial charge >= 0.3 is 0 Å². The van der Waals surface area contributed by atoms with Gasteiger partial charge in [0.1, 0.15) is 5.75 Å². The number of fused-ring (bicyclic) bond motifs is 1. The average molecular weight is 282 g/mol. The quantitative estimate of drug-likeness (QED) is 0.901. The molecule has 0 amide bonds. The lowest BCUT2D eigenvalue weighted by Gasteiger charge is -2.23. The second-order valence-electron chi connectivity index (χ2n) is 5.78. The minimum atomic E-state index is 0.333. The van der Waals surface area contributed by atoms with Crippen molar-refractivity contribution < 1.29 is 5.11 Å². The lowest BCUT2D eigenvalue weighted by molar-refractivity contribution is 0.475. The molecular formula is C18H22N2O. The van der Waals surface area contributed by atoms with E-state index in [0.717, 1.165) is 18.9 Å². The van der Waals surface area contributed by atoms with E-state index in [1.807, 2.05) is 18.2 Å². The van der Waals surface area contributed by atoms with Gasteiger partial charge in [0.05, 0.1) is 23.7 Å². The first-order chi connectivity index (χ1) is 10.1. The molecule has 3 rings (SSSR count). The SMILES string of the molecule is CCN1CN(c2ccccc2O)c2c(C(C)C)cccc21. The number of rotatable bonds is 3. The van der Waals surface area contributed by atoms with E-state index in [0.29, 0.717) is 11.7 Å². The maximum Gasteiger partial charge on any atom is 0.139 e. The Kier molecular flexibility index (Phi) is 3.50. The topological polar surface area (TPSA) is 26.7 Å². The zero-order chi connectivity index (χ0) is 15.0. The van der Waals surface area contributed by atoms with Crippen LogP contribution in [0, 0.1) is 0 Å². The molecule has 0 aliphatic carbocycles. The molecule has 0 aromatic heterocycles. The van der Waals surface area contributed by atoms with Crippen LogP contribution in [-0.4, -0.2) is 18.3 Å². The summed E-state index contributed by atoms with van der Waals surface area (Å²) in [5.41, 5.74) is 4.69. The standard InChI is InChI=1S/C18H22N2O/c1-4-19-12-20(15-9-5-6-11-17(15)21)18-14(13(2)3)8-7-10-16(18)19/h5-11,13,21H,4,12H2,1-3H3. The summed E-state index contributed by atoms with van der Waals surface area (Å²) in [5, 5.41) is 10.2. The van der Waals surface area contributed by atoms with Crippen LogP contribution in [0.4, 0.5) is 17.1 Å². The highest BCUT2D eigenvalue weighted by atomic mass is 16.3. The molecule has 2 aromatic rings. The predicted molar refractivity (Wildman–Crippen MR) is 88.7 cm³/mol. The molecule has 0 saturated heterocycles. The third-order valence-electron chi connectivity index (χ3n) is 4.14. The van der Waals surface area contributed by atoms with Gasteiger partial charge in [-0.25, -0.2) is 0 Å². The van der Waals surface area contributed by atoms with E-state index in [-0.39, 0.29) is 0 Å². The summed E-state index contributed by atoms with van der Waals surface area (Å²) in [5.74, 6) is 0.782. The fraction of sp³-hybridized carbons (Fsp3) is 0.333. The summed E-state index contributed by atoms with van der Waals surface area (Å²) in [4.78, 5) is 4.57. The van der Waals surface area contributed by atoms with Gasteiger partial charge in [0.25, 0.3) is 0 Å². The fourth-order valence-corrected chi connectivity index (χ4v) is 3.04. The monoisotopic (exact) mass is 282 g/mol. The molecule has 21 heavy (non-hydrogen) atoms. The Morgan fingerprint density at radius 3 is 2.43 bits per heavy atom. The smallest absolute Gasteiger partial charge is 0.139 e. The van der Waals surface area contributed by atoms with Crippen molar-refractivity contribution in [3.8, 4) is 5.75 Å². The minimum absolute atomic E-state index is 0.333. The van der Waals surface area contributed by atoms with Gasteiger partial charge in [-0.05, 0) is 36.6 Å². The van der Waals surface area contributed by atoms with Crippen LogP contribution >= 0.6 is 0 Å². The second kappa shape index (κ2) is 5.32. The Labute approximate surface area is 126 Å². The fourth-order valence-electron chi connectivity index (χ4n) is 3.04. The van der Waals surface area contributed by atoms with Crippen molar-refractivity contribution in [2.75, 3.05) is 23.0 Å². The zero-order valence-electron chi connectivity index (χ0n) is 12.9. The number of hydrogen-bond acceptors (Lipinski definition) is 3. The molecule has 0 spiro atoms. The van der Waals surface area contributed by atoms with E-state index < -0.39 is 0 Å². The van der Waals surface area contributed by atoms with Gasteiger partial charge in [0, 0.05) is 6.54 Å². The van der Waals surface area contributed by atoms with E-state index >= 15 is 0 Å². The lowest BCUT2D eigenvalue weighted by Crippen LogP contribution is -2.27. The first kappa shape index (κ1) is 13.8. The Bertz CT molecular complexity index is 651. The van der Waals surface area contributed by atoms with Crippen LogP contribution in [0.5, 0.6) is 5.75 Å². The maximum absolute atomic E-state index is 10.2. The van der Waals surface area contributed by atoms with Crippen molar-refractivity contribution >= 4 is 17.1 Å². The number of benzene rings is 2. The molecule has 1 aliphatic rings. The van der Waals surface area contributed by atoms with Gasteiger partial charge in [-0.2, -0.15) is 0 Å². The Hall–Kier alpha value is -2.16. The molecule has 0 atom stereocenters. The number of nitrogens with zero attached hydrogens (tertiary/aromatic N) is 2. The van der Waals surface area contributed by atoms with Crippen LogP contribution in [0.1, 0.15) is 32.3 Å². The molecule has 1 heterocycles. The predicted octanol–water partition coefficient (Wildman–Crippen LogP) is 4.45. The van der Waals surface area contributed by atoms with Gasteiger partial charge in [-0.3, -0.25) is 0 Å². The molecule has 1 aliphatic heterocycles. The van der Waals surface area contributed by atoms with E-state index in [2.05, 4.69) is 48.8 Å². The van der Waals surface area contributed by atoms with Gasteiger partial charge in [-0.1, -0.05) is 38.1 Å². The highest BCUT2D eigenvalue weighted by molar-refractivity contribution is 5.86. The third kappa shape index (κ3) is 2.23. The molecule has 2 aromatic carbocycles. The number of para-hydroxylation sites is 3. The largest absolute Gasteiger partial charge is 0.506 e. The number of phenolic OH excluding ortho intramolecular Hbond substituents is 1. The average Bonchev–Trinajstić information content (AvgIpc) is 2.86. The van der Waals surface area contributed by atoms with Crippen LogP contribution in [-0.2, 0) is 0 Å². The summed E-state index contributed by atoms with van der Waals surface area (Å²) in [7, 11) is 0. The summed E-state index contributed by atoms with van der Waals surface area (Å²) in [6.07, 6.45) is 0. The Morgan fingerprint density at radius 2 is 1.76 bits per heavy atom. The summed E-state index contributed by atoms with van der Waals surface area (Å²) in [6, 6.07) is 14.1. The molecule has 110 valence electrons. The van der Waals surface area contributed by atoms with E-state index in [1.54, 1.807) is 6.07 Å². The van der Waals surface area contributed by atoms with E-state index in [9.17, 15) is 5.11 Å². The van der Waals surface area contributed by atoms with Gasteiger partial charge < -0.3 is 14.9 Å². The first-order valence-corrected chi connectivity index (χ1v) is 7.56. The van der Waals surface area contributed by atoms with Crippen molar-refractivity contribution in [3.63, 3.8) is 0 Å². The van der Waals surface area contributed by atoms with Gasteiger partial charge in [0.15, 0.2) is 0 Å². The number of hydrogen-bond donors (Lipinski definition) is 1. The van der Waals surface area contributed by atoms with Crippen molar-refractivity contribution in [2.45, 2.75) is 26.7 Å². The minimum Gasteiger partial charge on any atom is -0.506 e.